The highest BCUT2D eigenvalue weighted by Crippen LogP contribution is 2.67. The number of fused-ring (bicyclic) bond motifs is 10. The van der Waals surface area contributed by atoms with E-state index in [1.54, 1.807) is 5.56 Å². The Labute approximate surface area is 231 Å². The van der Waals surface area contributed by atoms with Gasteiger partial charge in [0.05, 0.1) is 23.9 Å². The predicted octanol–water partition coefficient (Wildman–Crippen LogP) is 4.41. The smallest absolute Gasteiger partial charge is 0.0933 e. The van der Waals surface area contributed by atoms with Crippen LogP contribution in [0.15, 0.2) is 66.7 Å². The molecular weight excluding hydrogens is 480 g/mol. The number of nitrogens with zero attached hydrogens (tertiary/aromatic N) is 3. The van der Waals surface area contributed by atoms with Crippen molar-refractivity contribution in [1.82, 2.24) is 14.7 Å². The van der Waals surface area contributed by atoms with Gasteiger partial charge in [-0.1, -0.05) is 54.6 Å². The van der Waals surface area contributed by atoms with E-state index in [0.29, 0.717) is 6.17 Å². The van der Waals surface area contributed by atoms with E-state index < -0.39 is 0 Å². The van der Waals surface area contributed by atoms with Crippen LogP contribution in [0.3, 0.4) is 0 Å². The molecule has 3 aromatic carbocycles. The van der Waals surface area contributed by atoms with Crippen LogP contribution < -0.4 is 16.0 Å². The Morgan fingerprint density at radius 2 is 1.05 bits per heavy atom. The first-order valence-electron chi connectivity index (χ1n) is 14.8. The normalized spacial score (nSPS) is 37.9. The van der Waals surface area contributed by atoms with E-state index in [2.05, 4.69) is 119 Å². The molecule has 0 amide bonds. The summed E-state index contributed by atoms with van der Waals surface area (Å²) < 4.78 is 0. The van der Waals surface area contributed by atoms with Gasteiger partial charge in [-0.25, -0.2) is 0 Å². The summed E-state index contributed by atoms with van der Waals surface area (Å²) in [5, 5.41) is 12.2. The average molecular weight is 519 g/mol. The summed E-state index contributed by atoms with van der Waals surface area (Å²) in [5.74, 6) is 0. The van der Waals surface area contributed by atoms with Crippen molar-refractivity contribution in [1.29, 1.82) is 0 Å². The molecule has 6 atom stereocenters. The van der Waals surface area contributed by atoms with Crippen LogP contribution >= 0.6 is 0 Å². The molecule has 200 valence electrons. The highest BCUT2D eigenvalue weighted by Gasteiger charge is 2.71. The van der Waals surface area contributed by atoms with E-state index >= 15 is 0 Å². The number of likely N-dealkylation sites (tertiary alicyclic amines) is 3. The van der Waals surface area contributed by atoms with Crippen molar-refractivity contribution < 1.29 is 0 Å². The topological polar surface area (TPSA) is 45.8 Å². The lowest BCUT2D eigenvalue weighted by Crippen LogP contribution is -2.60. The van der Waals surface area contributed by atoms with Gasteiger partial charge in [-0.3, -0.25) is 14.7 Å². The number of anilines is 3. The van der Waals surface area contributed by atoms with E-state index in [0.717, 1.165) is 26.1 Å². The molecule has 0 aromatic heterocycles. The fraction of sp³-hybridized carbons (Fsp3) is 0.455. The Morgan fingerprint density at radius 1 is 0.538 bits per heavy atom. The van der Waals surface area contributed by atoms with Crippen LogP contribution in [0, 0.1) is 0 Å². The maximum atomic E-state index is 4.25. The molecule has 6 nitrogen and oxygen atoms in total. The van der Waals surface area contributed by atoms with Crippen LogP contribution in [-0.2, 0) is 16.2 Å². The molecule has 3 fully saturated rings. The average Bonchev–Trinajstić information content (AvgIpc) is 3.76. The van der Waals surface area contributed by atoms with Crippen LogP contribution in [0.2, 0.25) is 0 Å². The summed E-state index contributed by atoms with van der Waals surface area (Å²) in [6, 6.07) is 25.5. The largest absolute Gasteiger partial charge is 0.369 e. The summed E-state index contributed by atoms with van der Waals surface area (Å²) in [6.45, 7) is 3.33. The summed E-state index contributed by atoms with van der Waals surface area (Å²) in [5.41, 5.74) is 9.96. The maximum Gasteiger partial charge on any atom is 0.0933 e. The fourth-order valence-electron chi connectivity index (χ4n) is 10.3. The van der Waals surface area contributed by atoms with Gasteiger partial charge in [-0.15, -0.1) is 0 Å². The number of likely N-dealkylation sites (N-methyl/N-ethyl adjacent to an activating group) is 3. The third kappa shape index (κ3) is 2.39. The Bertz CT molecular complexity index is 1520. The van der Waals surface area contributed by atoms with Gasteiger partial charge >= 0.3 is 0 Å². The van der Waals surface area contributed by atoms with Gasteiger partial charge in [0.1, 0.15) is 0 Å². The van der Waals surface area contributed by atoms with Gasteiger partial charge < -0.3 is 16.0 Å². The Morgan fingerprint density at radius 3 is 1.82 bits per heavy atom. The third-order valence-electron chi connectivity index (χ3n) is 11.8. The van der Waals surface area contributed by atoms with Crippen LogP contribution in [0.25, 0.3) is 0 Å². The molecule has 3 aromatic rings. The van der Waals surface area contributed by atoms with E-state index in [9.17, 15) is 0 Å². The standard InChI is InChI=1S/C33H38N6/c1-37-18-15-31(21-9-4-6-13-25(21)34-28(31)37)23-11-8-12-24-27(23)36-30-33(24,17-20-39(30)3)32-16-19-38(2)29(32)35-26-14-7-5-10-22(26)32/h4-14,28-30,34-36H,15-20H2,1-3H3/t28?,29?,30-,31?,32?,33?/m1/s1. The van der Waals surface area contributed by atoms with Gasteiger partial charge in [0, 0.05) is 47.5 Å². The molecule has 39 heavy (non-hydrogen) atoms. The molecule has 6 heterocycles. The first kappa shape index (κ1) is 22.7. The molecule has 0 spiro atoms. The quantitative estimate of drug-likeness (QED) is 0.467. The lowest BCUT2D eigenvalue weighted by atomic mass is 9.54. The second kappa shape index (κ2) is 7.36. The Hall–Kier alpha value is -3.06. The van der Waals surface area contributed by atoms with Crippen LogP contribution in [0.5, 0.6) is 0 Å². The van der Waals surface area contributed by atoms with E-state index in [-0.39, 0.29) is 28.6 Å². The van der Waals surface area contributed by atoms with Gasteiger partial charge in [0.15, 0.2) is 0 Å². The zero-order valence-corrected chi connectivity index (χ0v) is 23.2. The molecule has 6 aliphatic rings. The molecule has 0 aliphatic carbocycles. The van der Waals surface area contributed by atoms with Gasteiger partial charge in [-0.05, 0) is 74.8 Å². The number of benzene rings is 3. The van der Waals surface area contributed by atoms with Gasteiger partial charge in [0.25, 0.3) is 0 Å². The van der Waals surface area contributed by atoms with Gasteiger partial charge in [-0.2, -0.15) is 0 Å². The minimum Gasteiger partial charge on any atom is -0.369 e. The molecule has 0 bridgehead atoms. The Kier molecular flexibility index (Phi) is 4.29. The highest BCUT2D eigenvalue weighted by molar-refractivity contribution is 5.78. The molecule has 9 rings (SSSR count). The van der Waals surface area contributed by atoms with Crippen molar-refractivity contribution in [3.05, 3.63) is 89.0 Å². The predicted molar refractivity (Wildman–Crippen MR) is 157 cm³/mol. The van der Waals surface area contributed by atoms with Crippen LogP contribution in [-0.4, -0.2) is 74.0 Å². The number of para-hydroxylation sites is 3. The minimum absolute atomic E-state index is 0.00961. The lowest BCUT2D eigenvalue weighted by Gasteiger charge is -2.48. The minimum atomic E-state index is -0.0581. The van der Waals surface area contributed by atoms with E-state index in [1.807, 2.05) is 0 Å². The molecule has 5 unspecified atom stereocenters. The van der Waals surface area contributed by atoms with E-state index in [1.165, 1.54) is 46.6 Å². The highest BCUT2D eigenvalue weighted by atomic mass is 15.4. The third-order valence-corrected chi connectivity index (χ3v) is 11.8. The summed E-state index contributed by atoms with van der Waals surface area (Å²) in [6.07, 6.45) is 4.32. The number of hydrogen-bond donors (Lipinski definition) is 3. The molecule has 3 saturated heterocycles. The first-order chi connectivity index (χ1) is 19.0. The van der Waals surface area contributed by atoms with Crippen molar-refractivity contribution in [2.75, 3.05) is 56.7 Å². The van der Waals surface area contributed by atoms with E-state index in [4.69, 9.17) is 0 Å². The second-order valence-corrected chi connectivity index (χ2v) is 13.1. The van der Waals surface area contributed by atoms with Crippen LogP contribution in [0.4, 0.5) is 17.1 Å². The van der Waals surface area contributed by atoms with Crippen molar-refractivity contribution in [3.63, 3.8) is 0 Å². The zero-order chi connectivity index (χ0) is 26.1. The molecule has 3 N–H and O–H groups in total. The monoisotopic (exact) mass is 518 g/mol. The molecule has 0 saturated carbocycles. The first-order valence-corrected chi connectivity index (χ1v) is 14.8. The number of nitrogens with one attached hydrogen (secondary N) is 3. The van der Waals surface area contributed by atoms with Crippen molar-refractivity contribution in [2.45, 2.75) is 54.0 Å². The Balaban J connectivity index is 1.31. The van der Waals surface area contributed by atoms with Gasteiger partial charge in [0.2, 0.25) is 0 Å². The molecule has 6 heteroatoms. The van der Waals surface area contributed by atoms with Crippen molar-refractivity contribution in [2.24, 2.45) is 0 Å². The molecule has 6 aliphatic heterocycles. The maximum absolute atomic E-state index is 4.25. The SMILES string of the molecule is CN1CCC2(c3cccc4c3N[C@@H]3N(C)CCC43C34CCN(C)C3Nc3ccccc34)c3ccccc3NC12. The molecule has 0 radical (unpaired) electrons. The summed E-state index contributed by atoms with van der Waals surface area (Å²) in [4.78, 5) is 7.70. The fourth-order valence-corrected chi connectivity index (χ4v) is 10.3. The summed E-state index contributed by atoms with van der Waals surface area (Å²) in [7, 11) is 6.93. The van der Waals surface area contributed by atoms with Crippen molar-refractivity contribution in [3.8, 4) is 0 Å². The van der Waals surface area contributed by atoms with Crippen molar-refractivity contribution >= 4 is 17.1 Å². The summed E-state index contributed by atoms with van der Waals surface area (Å²) >= 11 is 0. The number of hydrogen-bond acceptors (Lipinski definition) is 6. The van der Waals surface area contributed by atoms with Crippen LogP contribution in [0.1, 0.15) is 41.5 Å². The number of rotatable bonds is 2. The lowest BCUT2D eigenvalue weighted by molar-refractivity contribution is 0.147. The molecular formula is C33H38N6. The zero-order valence-electron chi connectivity index (χ0n) is 23.2. The second-order valence-electron chi connectivity index (χ2n) is 13.1.